The van der Waals surface area contributed by atoms with E-state index in [1.807, 2.05) is 6.92 Å². The van der Waals surface area contributed by atoms with Crippen molar-refractivity contribution in [2.24, 2.45) is 17.3 Å². The van der Waals surface area contributed by atoms with Crippen molar-refractivity contribution in [1.29, 1.82) is 0 Å². The zero-order chi connectivity index (χ0) is 20.1. The van der Waals surface area contributed by atoms with Crippen LogP contribution < -0.4 is 0 Å². The van der Waals surface area contributed by atoms with Gasteiger partial charge < -0.3 is 4.74 Å². The molecule has 0 aromatic carbocycles. The molecule has 1 saturated carbocycles. The maximum atomic E-state index is 13.4. The highest BCUT2D eigenvalue weighted by Gasteiger charge is 2.42. The summed E-state index contributed by atoms with van der Waals surface area (Å²) >= 11 is 0. The van der Waals surface area contributed by atoms with Crippen molar-refractivity contribution in [3.8, 4) is 0 Å². The Labute approximate surface area is 168 Å². The second-order valence-electron chi connectivity index (χ2n) is 9.94. The van der Waals surface area contributed by atoms with Crippen LogP contribution in [-0.4, -0.2) is 35.1 Å². The van der Waals surface area contributed by atoms with Crippen LogP contribution >= 0.6 is 0 Å². The molecule has 0 spiro atoms. The number of ketones is 2. The molecule has 2 bridgehead atoms. The minimum Gasteiger partial charge on any atom is -0.458 e. The lowest BCUT2D eigenvalue weighted by atomic mass is 9.73. The van der Waals surface area contributed by atoms with Crippen LogP contribution in [0.2, 0.25) is 0 Å². The van der Waals surface area contributed by atoms with Gasteiger partial charge in [-0.25, -0.2) is 0 Å². The summed E-state index contributed by atoms with van der Waals surface area (Å²) in [5.74, 6) is 3.03. The van der Waals surface area contributed by atoms with Crippen LogP contribution in [0.15, 0.2) is 35.3 Å². The van der Waals surface area contributed by atoms with Crippen LogP contribution in [0.4, 0.5) is 0 Å². The second kappa shape index (κ2) is 7.29. The van der Waals surface area contributed by atoms with Crippen LogP contribution in [0, 0.1) is 17.3 Å². The zero-order valence-corrected chi connectivity index (χ0v) is 17.7. The van der Waals surface area contributed by atoms with Gasteiger partial charge in [-0.05, 0) is 69.9 Å². The van der Waals surface area contributed by atoms with E-state index in [1.54, 1.807) is 6.92 Å². The third-order valence-corrected chi connectivity index (χ3v) is 6.78. The molecule has 0 amide bonds. The molecule has 4 rings (SSSR count). The smallest absolute Gasteiger partial charge is 0.203 e. The first-order valence-electron chi connectivity index (χ1n) is 10.8. The number of carbonyl (C=O) groups excluding carboxylic acids is 2. The fourth-order valence-corrected chi connectivity index (χ4v) is 5.16. The van der Waals surface area contributed by atoms with Crippen molar-refractivity contribution in [2.75, 3.05) is 6.54 Å². The highest BCUT2D eigenvalue weighted by Crippen LogP contribution is 2.44. The third-order valence-electron chi connectivity index (χ3n) is 6.78. The van der Waals surface area contributed by atoms with Crippen molar-refractivity contribution < 1.29 is 14.3 Å². The standard InChI is InChI=1S/C24H33NO3/c1-15-5-10-21(18-6-7-18)28-22(15)23(27)24(3,4)13-17-11-19-8-9-20(12-17)25(19)14-16(2)26/h8-10,17-20H,5-7,11-14H2,1-4H3/t17-,19-,20+. The Morgan fingerprint density at radius 1 is 1.18 bits per heavy atom. The van der Waals surface area contributed by atoms with Gasteiger partial charge in [0, 0.05) is 23.4 Å². The molecule has 4 nitrogen and oxygen atoms in total. The summed E-state index contributed by atoms with van der Waals surface area (Å²) in [6.45, 7) is 8.37. The fourth-order valence-electron chi connectivity index (χ4n) is 5.16. The summed E-state index contributed by atoms with van der Waals surface area (Å²) in [6, 6.07) is 0.685. The average molecular weight is 384 g/mol. The fraction of sp³-hybridized carbons (Fsp3) is 0.667. The molecule has 0 aromatic rings. The molecule has 3 aliphatic heterocycles. The van der Waals surface area contributed by atoms with Crippen LogP contribution in [0.1, 0.15) is 66.2 Å². The summed E-state index contributed by atoms with van der Waals surface area (Å²) < 4.78 is 6.11. The topological polar surface area (TPSA) is 46.6 Å². The van der Waals surface area contributed by atoms with Crippen molar-refractivity contribution >= 4 is 11.6 Å². The van der Waals surface area contributed by atoms with Gasteiger partial charge in [0.05, 0.1) is 6.54 Å². The number of ether oxygens (including phenoxy) is 1. The molecule has 2 fully saturated rings. The molecule has 0 aromatic heterocycles. The van der Waals surface area contributed by atoms with Crippen molar-refractivity contribution in [2.45, 2.75) is 78.3 Å². The highest BCUT2D eigenvalue weighted by atomic mass is 16.5. The molecule has 3 atom stereocenters. The number of rotatable bonds is 7. The van der Waals surface area contributed by atoms with E-state index < -0.39 is 5.41 Å². The van der Waals surface area contributed by atoms with E-state index in [9.17, 15) is 9.59 Å². The van der Waals surface area contributed by atoms with Gasteiger partial charge in [0.2, 0.25) is 5.78 Å². The molecule has 0 N–H and O–H groups in total. The molecular formula is C24H33NO3. The number of fused-ring (bicyclic) bond motifs is 2. The number of Topliss-reactive ketones (excluding diaryl/α,β-unsaturated/α-hetero) is 2. The number of hydrogen-bond donors (Lipinski definition) is 0. The molecule has 3 heterocycles. The molecule has 4 aliphatic rings. The van der Waals surface area contributed by atoms with Gasteiger partial charge in [-0.3, -0.25) is 14.5 Å². The Morgan fingerprint density at radius 3 is 2.39 bits per heavy atom. The summed E-state index contributed by atoms with van der Waals surface area (Å²) in [5, 5.41) is 0. The molecule has 152 valence electrons. The minimum atomic E-state index is -0.435. The quantitative estimate of drug-likeness (QED) is 0.604. The predicted molar refractivity (Wildman–Crippen MR) is 109 cm³/mol. The Hall–Kier alpha value is -1.68. The normalized spacial score (nSPS) is 30.3. The SMILES string of the molecule is CC(=O)CN1[C@@H]2C=C[C@H]1C[C@H](CC(C)(C)C(=O)C1=C(C)CC=C(C3CC3)O1)C2. The van der Waals surface area contributed by atoms with Gasteiger partial charge >= 0.3 is 0 Å². The van der Waals surface area contributed by atoms with Gasteiger partial charge in [-0.2, -0.15) is 0 Å². The monoisotopic (exact) mass is 383 g/mol. The predicted octanol–water partition coefficient (Wildman–Crippen LogP) is 4.57. The van der Waals surface area contributed by atoms with E-state index in [4.69, 9.17) is 4.74 Å². The lowest BCUT2D eigenvalue weighted by Crippen LogP contribution is -2.46. The van der Waals surface area contributed by atoms with Gasteiger partial charge in [0.15, 0.2) is 5.76 Å². The average Bonchev–Trinajstić information content (AvgIpc) is 3.43. The first-order valence-corrected chi connectivity index (χ1v) is 10.8. The van der Waals surface area contributed by atoms with Gasteiger partial charge in [0.25, 0.3) is 0 Å². The van der Waals surface area contributed by atoms with E-state index in [-0.39, 0.29) is 11.6 Å². The summed E-state index contributed by atoms with van der Waals surface area (Å²) in [6.07, 6.45) is 12.8. The van der Waals surface area contributed by atoms with Crippen LogP contribution in [-0.2, 0) is 14.3 Å². The summed E-state index contributed by atoms with van der Waals surface area (Å²) in [7, 11) is 0. The number of hydrogen-bond acceptors (Lipinski definition) is 4. The van der Waals surface area contributed by atoms with Crippen LogP contribution in [0.3, 0.4) is 0 Å². The molecule has 0 unspecified atom stereocenters. The lowest BCUT2D eigenvalue weighted by Gasteiger charge is -2.41. The first-order chi connectivity index (χ1) is 13.2. The van der Waals surface area contributed by atoms with Crippen LogP contribution in [0.5, 0.6) is 0 Å². The van der Waals surface area contributed by atoms with Crippen molar-refractivity contribution in [3.63, 3.8) is 0 Å². The van der Waals surface area contributed by atoms with E-state index in [2.05, 4.69) is 37.0 Å². The number of nitrogens with zero attached hydrogens (tertiary/aromatic N) is 1. The van der Waals surface area contributed by atoms with E-state index in [0.717, 1.165) is 37.0 Å². The molecule has 4 heteroatoms. The molecule has 0 radical (unpaired) electrons. The number of carbonyl (C=O) groups is 2. The maximum absolute atomic E-state index is 13.4. The van der Waals surface area contributed by atoms with Crippen molar-refractivity contribution in [1.82, 2.24) is 4.90 Å². The lowest BCUT2D eigenvalue weighted by molar-refractivity contribution is -0.127. The van der Waals surface area contributed by atoms with Crippen LogP contribution in [0.25, 0.3) is 0 Å². The number of allylic oxidation sites excluding steroid dienone is 4. The molecule has 1 aliphatic carbocycles. The van der Waals surface area contributed by atoms with E-state index >= 15 is 0 Å². The minimum absolute atomic E-state index is 0.155. The largest absolute Gasteiger partial charge is 0.458 e. The maximum Gasteiger partial charge on any atom is 0.203 e. The second-order valence-corrected chi connectivity index (χ2v) is 9.94. The number of piperidine rings is 1. The molecule has 1 saturated heterocycles. The Morgan fingerprint density at radius 2 is 1.82 bits per heavy atom. The third kappa shape index (κ3) is 3.89. The van der Waals surface area contributed by atoms with Crippen molar-refractivity contribution in [3.05, 3.63) is 35.3 Å². The molecule has 28 heavy (non-hydrogen) atoms. The zero-order valence-electron chi connectivity index (χ0n) is 17.7. The van der Waals surface area contributed by atoms with Gasteiger partial charge in [-0.1, -0.05) is 26.0 Å². The van der Waals surface area contributed by atoms with Gasteiger partial charge in [0.1, 0.15) is 11.5 Å². The van der Waals surface area contributed by atoms with E-state index in [0.29, 0.717) is 36.2 Å². The highest BCUT2D eigenvalue weighted by molar-refractivity contribution is 5.98. The summed E-state index contributed by atoms with van der Waals surface area (Å²) in [5.41, 5.74) is 0.621. The molecular weight excluding hydrogens is 350 g/mol. The van der Waals surface area contributed by atoms with Gasteiger partial charge in [-0.15, -0.1) is 0 Å². The Bertz CT molecular complexity index is 753. The van der Waals surface area contributed by atoms with E-state index in [1.165, 1.54) is 12.8 Å². The summed E-state index contributed by atoms with van der Waals surface area (Å²) in [4.78, 5) is 27.3. The Kier molecular flexibility index (Phi) is 5.11. The first kappa shape index (κ1) is 19.6. The Balaban J connectivity index is 1.40.